The number of rotatable bonds is 8. The fourth-order valence-electron chi connectivity index (χ4n) is 3.66. The Morgan fingerprint density at radius 3 is 2.23 bits per heavy atom. The molecule has 35 heavy (non-hydrogen) atoms. The summed E-state index contributed by atoms with van der Waals surface area (Å²) >= 11 is 0. The Morgan fingerprint density at radius 2 is 1.60 bits per heavy atom. The molecule has 1 aliphatic rings. The van der Waals surface area contributed by atoms with Crippen molar-refractivity contribution in [1.82, 2.24) is 4.31 Å². The van der Waals surface area contributed by atoms with Crippen molar-refractivity contribution < 1.29 is 42.1 Å². The van der Waals surface area contributed by atoms with E-state index in [1.165, 1.54) is 38.2 Å². The largest absolute Gasteiger partial charge is 0.456 e. The summed E-state index contributed by atoms with van der Waals surface area (Å²) in [6, 6.07) is 9.41. The van der Waals surface area contributed by atoms with Gasteiger partial charge in [0.1, 0.15) is 11.2 Å². The lowest BCUT2D eigenvalue weighted by molar-refractivity contribution is -0.222. The summed E-state index contributed by atoms with van der Waals surface area (Å²) in [5, 5.41) is 22.4. The maximum Gasteiger partial charge on any atom is 0.350 e. The zero-order chi connectivity index (χ0) is 25.4. The van der Waals surface area contributed by atoms with E-state index in [4.69, 9.17) is 13.9 Å². The van der Waals surface area contributed by atoms with E-state index in [0.717, 1.165) is 4.31 Å². The van der Waals surface area contributed by atoms with E-state index in [9.17, 15) is 28.2 Å². The number of cyclic esters (lactones) is 2. The second kappa shape index (κ2) is 9.30. The number of ether oxygens (including phenoxy) is 2. The molecular weight excluding hydrogens is 480 g/mol. The minimum absolute atomic E-state index is 0.00113. The van der Waals surface area contributed by atoms with Gasteiger partial charge in [-0.3, -0.25) is 0 Å². The van der Waals surface area contributed by atoms with Gasteiger partial charge in [-0.05, 0) is 30.3 Å². The highest BCUT2D eigenvalue weighted by molar-refractivity contribution is 7.89. The number of carbonyl (C=O) groups is 2. The lowest BCUT2D eigenvalue weighted by Crippen LogP contribution is -2.42. The number of carbonyl (C=O) groups excluding carboxylic acids is 2. The van der Waals surface area contributed by atoms with Crippen molar-refractivity contribution in [3.63, 3.8) is 0 Å². The average Bonchev–Trinajstić information content (AvgIpc) is 3.14. The van der Waals surface area contributed by atoms with Crippen LogP contribution >= 0.6 is 0 Å². The average molecular weight is 505 g/mol. The molecule has 12 heteroatoms. The zero-order valence-electron chi connectivity index (χ0n) is 19.0. The highest BCUT2D eigenvalue weighted by Crippen LogP contribution is 2.33. The standard InChI is InChI=1S/C23H24N2O9S/c1-23(2)33-21(28)18(22(29)34-23)13-24-14-3-5-16-17-12-15(4-6-19(17)32-20(16)11-14)35(30,31)25(7-9-26)8-10-27/h3-6,11-13,24,26-27H,7-10H2,1-2H3. The quantitative estimate of drug-likeness (QED) is 0.234. The van der Waals surface area contributed by atoms with Gasteiger partial charge in [0, 0.05) is 55.7 Å². The van der Waals surface area contributed by atoms with Crippen molar-refractivity contribution >= 4 is 49.6 Å². The third kappa shape index (κ3) is 4.86. The Bertz CT molecular complexity index is 1410. The molecule has 1 aliphatic heterocycles. The molecule has 1 aromatic heterocycles. The summed E-state index contributed by atoms with van der Waals surface area (Å²) in [5.74, 6) is -2.96. The molecule has 11 nitrogen and oxygen atoms in total. The fourth-order valence-corrected chi connectivity index (χ4v) is 5.11. The molecule has 0 radical (unpaired) electrons. The van der Waals surface area contributed by atoms with E-state index in [-0.39, 0.29) is 36.8 Å². The van der Waals surface area contributed by atoms with Crippen LogP contribution in [0, 0.1) is 0 Å². The van der Waals surface area contributed by atoms with E-state index in [2.05, 4.69) is 5.32 Å². The van der Waals surface area contributed by atoms with Crippen molar-refractivity contribution in [2.24, 2.45) is 0 Å². The maximum absolute atomic E-state index is 13.0. The number of fused-ring (bicyclic) bond motifs is 3. The van der Waals surface area contributed by atoms with Crippen molar-refractivity contribution in [2.45, 2.75) is 24.5 Å². The lowest BCUT2D eigenvalue weighted by atomic mass is 10.1. The number of hydrogen-bond donors (Lipinski definition) is 3. The van der Waals surface area contributed by atoms with Gasteiger partial charge < -0.3 is 29.4 Å². The third-order valence-corrected chi connectivity index (χ3v) is 7.17. The van der Waals surface area contributed by atoms with Gasteiger partial charge in [-0.25, -0.2) is 18.0 Å². The first-order valence-electron chi connectivity index (χ1n) is 10.7. The first-order chi connectivity index (χ1) is 16.6. The number of sulfonamides is 1. The van der Waals surface area contributed by atoms with Crippen molar-refractivity contribution in [3.05, 3.63) is 48.2 Å². The number of hydrogen-bond acceptors (Lipinski definition) is 10. The SMILES string of the molecule is CC1(C)OC(=O)C(=CNc2ccc3c(c2)oc2ccc(S(=O)(=O)N(CCO)CCO)cc23)C(=O)O1. The van der Waals surface area contributed by atoms with E-state index in [1.807, 2.05) is 0 Å². The molecule has 186 valence electrons. The van der Waals surface area contributed by atoms with Gasteiger partial charge in [0.2, 0.25) is 10.0 Å². The second-order valence-corrected chi connectivity index (χ2v) is 10.1. The van der Waals surface area contributed by atoms with Crippen LogP contribution in [-0.4, -0.2) is 67.0 Å². The second-order valence-electron chi connectivity index (χ2n) is 8.20. The molecule has 2 aromatic carbocycles. The Balaban J connectivity index is 1.64. The number of aliphatic hydroxyl groups excluding tert-OH is 2. The first kappa shape index (κ1) is 24.7. The van der Waals surface area contributed by atoms with Crippen LogP contribution in [0.2, 0.25) is 0 Å². The van der Waals surface area contributed by atoms with Crippen LogP contribution in [0.5, 0.6) is 0 Å². The van der Waals surface area contributed by atoms with Gasteiger partial charge in [-0.1, -0.05) is 0 Å². The summed E-state index contributed by atoms with van der Waals surface area (Å²) in [6.45, 7) is 1.86. The van der Waals surface area contributed by atoms with Gasteiger partial charge in [0.25, 0.3) is 5.79 Å². The summed E-state index contributed by atoms with van der Waals surface area (Å²) in [4.78, 5) is 24.2. The zero-order valence-corrected chi connectivity index (χ0v) is 19.8. The highest BCUT2D eigenvalue weighted by Gasteiger charge is 2.39. The monoisotopic (exact) mass is 504 g/mol. The Hall–Kier alpha value is -3.45. The summed E-state index contributed by atoms with van der Waals surface area (Å²) in [7, 11) is -3.95. The van der Waals surface area contributed by atoms with Crippen LogP contribution in [0.4, 0.5) is 5.69 Å². The van der Waals surface area contributed by atoms with Crippen LogP contribution in [0.25, 0.3) is 21.9 Å². The molecule has 1 saturated heterocycles. The number of nitrogens with one attached hydrogen (secondary N) is 1. The Labute approximate surface area is 200 Å². The van der Waals surface area contributed by atoms with Crippen molar-refractivity contribution in [3.8, 4) is 0 Å². The molecule has 3 N–H and O–H groups in total. The van der Waals surface area contributed by atoms with Crippen LogP contribution < -0.4 is 5.32 Å². The van der Waals surface area contributed by atoms with Crippen LogP contribution in [-0.2, 0) is 29.1 Å². The minimum Gasteiger partial charge on any atom is -0.456 e. The Morgan fingerprint density at radius 1 is 0.943 bits per heavy atom. The normalized spacial score (nSPS) is 16.0. The van der Waals surface area contributed by atoms with E-state index in [0.29, 0.717) is 27.6 Å². The molecule has 1 fully saturated rings. The molecule has 4 rings (SSSR count). The van der Waals surface area contributed by atoms with Crippen LogP contribution in [0.3, 0.4) is 0 Å². The predicted molar refractivity (Wildman–Crippen MR) is 125 cm³/mol. The van der Waals surface area contributed by atoms with Gasteiger partial charge in [-0.2, -0.15) is 4.31 Å². The number of anilines is 1. The van der Waals surface area contributed by atoms with E-state index in [1.54, 1.807) is 18.2 Å². The summed E-state index contributed by atoms with van der Waals surface area (Å²) in [6.07, 6.45) is 1.19. The molecule has 0 unspecified atom stereocenters. The molecule has 0 atom stereocenters. The number of esters is 2. The van der Waals surface area contributed by atoms with Gasteiger partial charge in [0.15, 0.2) is 5.57 Å². The van der Waals surface area contributed by atoms with E-state index >= 15 is 0 Å². The van der Waals surface area contributed by atoms with Gasteiger partial charge >= 0.3 is 11.9 Å². The number of aliphatic hydroxyl groups is 2. The third-order valence-electron chi connectivity index (χ3n) is 5.28. The molecule has 3 aromatic rings. The minimum atomic E-state index is -3.95. The van der Waals surface area contributed by atoms with Crippen LogP contribution in [0.1, 0.15) is 13.8 Å². The van der Waals surface area contributed by atoms with Gasteiger partial charge in [-0.15, -0.1) is 0 Å². The van der Waals surface area contributed by atoms with Gasteiger partial charge in [0.05, 0.1) is 18.1 Å². The number of furan rings is 1. The molecule has 0 saturated carbocycles. The topological polar surface area (TPSA) is 156 Å². The maximum atomic E-state index is 13.0. The highest BCUT2D eigenvalue weighted by atomic mass is 32.2. The van der Waals surface area contributed by atoms with Crippen LogP contribution in [0.15, 0.2) is 57.5 Å². The molecule has 0 aliphatic carbocycles. The number of nitrogens with zero attached hydrogens (tertiary/aromatic N) is 1. The summed E-state index contributed by atoms with van der Waals surface area (Å²) in [5.41, 5.74) is 1.10. The molecule has 0 bridgehead atoms. The smallest absolute Gasteiger partial charge is 0.350 e. The Kier molecular flexibility index (Phi) is 6.56. The predicted octanol–water partition coefficient (Wildman–Crippen LogP) is 1.69. The lowest BCUT2D eigenvalue weighted by Gasteiger charge is -2.29. The first-order valence-corrected chi connectivity index (χ1v) is 12.1. The molecule has 0 amide bonds. The van der Waals surface area contributed by atoms with E-state index < -0.39 is 27.7 Å². The molecule has 0 spiro atoms. The van der Waals surface area contributed by atoms with Crippen molar-refractivity contribution in [1.29, 1.82) is 0 Å². The fraction of sp³-hybridized carbons (Fsp3) is 0.304. The number of benzene rings is 2. The molecular formula is C23H24N2O9S. The molecule has 2 heterocycles. The van der Waals surface area contributed by atoms with Crippen molar-refractivity contribution in [2.75, 3.05) is 31.6 Å². The summed E-state index contributed by atoms with van der Waals surface area (Å²) < 4.78 is 42.9.